The van der Waals surface area contributed by atoms with Crippen molar-refractivity contribution < 1.29 is 29.0 Å². The molecule has 212 valence electrons. The van der Waals surface area contributed by atoms with Crippen LogP contribution in [0.2, 0.25) is 0 Å². The standard InChI is InChI=1S/C29H44N2O7/c1-4-5-6-7-8-9-10-11-12-13-19-37-24(22-36-18-14-17-32)21-30-27-25-20-23(31(34)35)15-16-26(25)38-29(2,3)28(27)33/h14-16,20,22,27-28,30,33H,4-13,18-19,21H2,1-3H3/t27-,28+/m0/s1. The number of nitrogens with zero attached hydrogens (tertiary/aromatic N) is 1. The van der Waals surface area contributed by atoms with E-state index in [1.54, 1.807) is 25.9 Å². The summed E-state index contributed by atoms with van der Waals surface area (Å²) in [5.41, 5.74) is -0.486. The van der Waals surface area contributed by atoms with Crippen LogP contribution in [0.15, 0.2) is 36.3 Å². The van der Waals surface area contributed by atoms with Crippen LogP contribution in [0.25, 0.3) is 0 Å². The Labute approximate surface area is 226 Å². The quantitative estimate of drug-likeness (QED) is 0.0738. The number of hydrogen-bond donors (Lipinski definition) is 2. The second kappa shape index (κ2) is 16.9. The number of non-ortho nitro benzene ring substituents is 1. The normalized spacial score (nSPS) is 18.2. The number of rotatable bonds is 19. The van der Waals surface area contributed by atoms with Crippen LogP contribution in [0.4, 0.5) is 5.69 Å². The molecular formula is C29H44N2O7. The minimum Gasteiger partial charge on any atom is -0.493 e. The minimum absolute atomic E-state index is 0.0660. The van der Waals surface area contributed by atoms with E-state index in [9.17, 15) is 20.0 Å². The third-order valence-electron chi connectivity index (χ3n) is 6.70. The Balaban J connectivity index is 1.93. The van der Waals surface area contributed by atoms with Crippen molar-refractivity contribution in [3.8, 4) is 5.75 Å². The first kappa shape index (κ1) is 31.3. The number of nitro groups is 1. The molecule has 0 unspecified atom stereocenters. The number of benzene rings is 1. The van der Waals surface area contributed by atoms with Crippen LogP contribution >= 0.6 is 0 Å². The topological polar surface area (TPSA) is 120 Å². The van der Waals surface area contributed by atoms with Gasteiger partial charge in [-0.05, 0) is 26.3 Å². The van der Waals surface area contributed by atoms with Crippen LogP contribution in [0.5, 0.6) is 5.75 Å². The van der Waals surface area contributed by atoms with Crippen LogP contribution < -0.4 is 10.1 Å². The van der Waals surface area contributed by atoms with Gasteiger partial charge in [-0.25, -0.2) is 4.79 Å². The number of carbonyl (C=O) groups excluding carboxylic acids is 1. The van der Waals surface area contributed by atoms with Gasteiger partial charge in [0.2, 0.25) is 0 Å². The number of unbranched alkanes of at least 4 members (excludes halogenated alkanes) is 9. The lowest BCUT2D eigenvalue weighted by molar-refractivity contribution is -0.385. The minimum atomic E-state index is -0.973. The molecule has 0 spiro atoms. The zero-order chi connectivity index (χ0) is 27.8. The van der Waals surface area contributed by atoms with Gasteiger partial charge in [0.15, 0.2) is 0 Å². The van der Waals surface area contributed by atoms with E-state index in [4.69, 9.17) is 14.2 Å². The maximum Gasteiger partial charge on any atom is 0.270 e. The smallest absolute Gasteiger partial charge is 0.270 e. The fourth-order valence-corrected chi connectivity index (χ4v) is 4.48. The van der Waals surface area contributed by atoms with Crippen molar-refractivity contribution in [2.75, 3.05) is 19.8 Å². The van der Waals surface area contributed by atoms with Crippen molar-refractivity contribution >= 4 is 11.6 Å². The maximum atomic E-state index is 11.3. The molecule has 0 aliphatic carbocycles. The lowest BCUT2D eigenvalue weighted by atomic mass is 9.86. The monoisotopic (exact) mass is 532 g/mol. The van der Waals surface area contributed by atoms with E-state index in [1.807, 2.05) is 0 Å². The summed E-state index contributed by atoms with van der Waals surface area (Å²) in [6.45, 7) is 6.56. The number of hydrogen-bond acceptors (Lipinski definition) is 8. The maximum absolute atomic E-state index is 11.3. The molecule has 0 amide bonds. The van der Waals surface area contributed by atoms with Crippen LogP contribution in [0, 0.1) is 10.1 Å². The van der Waals surface area contributed by atoms with Crippen molar-refractivity contribution in [2.24, 2.45) is 0 Å². The van der Waals surface area contributed by atoms with Crippen LogP contribution in [0.3, 0.4) is 0 Å². The van der Waals surface area contributed by atoms with E-state index in [-0.39, 0.29) is 18.8 Å². The zero-order valence-corrected chi connectivity index (χ0v) is 23.1. The molecule has 0 saturated heterocycles. The molecule has 38 heavy (non-hydrogen) atoms. The largest absolute Gasteiger partial charge is 0.493 e. The summed E-state index contributed by atoms with van der Waals surface area (Å²) in [7, 11) is 0. The van der Waals surface area contributed by atoms with Gasteiger partial charge in [-0.1, -0.05) is 64.7 Å². The summed E-state index contributed by atoms with van der Waals surface area (Å²) in [4.78, 5) is 21.3. The van der Waals surface area contributed by atoms with Crippen LogP contribution in [0.1, 0.15) is 96.6 Å². The van der Waals surface area contributed by atoms with Gasteiger partial charge in [0.25, 0.3) is 5.69 Å². The highest BCUT2D eigenvalue weighted by atomic mass is 16.6. The zero-order valence-electron chi connectivity index (χ0n) is 23.1. The molecule has 0 aromatic heterocycles. The molecule has 1 aliphatic rings. The number of ether oxygens (including phenoxy) is 3. The van der Waals surface area contributed by atoms with Gasteiger partial charge in [-0.15, -0.1) is 0 Å². The summed E-state index contributed by atoms with van der Waals surface area (Å²) in [6.07, 6.45) is 13.9. The second-order valence-electron chi connectivity index (χ2n) is 10.3. The average molecular weight is 533 g/mol. The lowest BCUT2D eigenvalue weighted by Gasteiger charge is -2.42. The molecule has 1 heterocycles. The Kier molecular flexibility index (Phi) is 13.9. The van der Waals surface area contributed by atoms with Gasteiger partial charge in [0.1, 0.15) is 42.0 Å². The number of aliphatic hydroxyl groups excluding tert-OH is 1. The molecule has 9 heteroatoms. The molecule has 1 aromatic carbocycles. The van der Waals surface area contributed by atoms with Crippen molar-refractivity contribution in [3.05, 3.63) is 52.0 Å². The highest BCUT2D eigenvalue weighted by Crippen LogP contribution is 2.41. The van der Waals surface area contributed by atoms with E-state index < -0.39 is 22.7 Å². The molecule has 2 rings (SSSR count). The molecule has 9 nitrogen and oxygen atoms in total. The van der Waals surface area contributed by atoms with E-state index >= 15 is 0 Å². The molecule has 2 N–H and O–H groups in total. The molecule has 1 aromatic rings. The first-order chi connectivity index (χ1) is 18.3. The third-order valence-corrected chi connectivity index (χ3v) is 6.70. The number of fused-ring (bicyclic) bond motifs is 1. The third kappa shape index (κ3) is 10.5. The van der Waals surface area contributed by atoms with Crippen molar-refractivity contribution in [3.63, 3.8) is 0 Å². The van der Waals surface area contributed by atoms with Crippen LogP contribution in [-0.2, 0) is 14.3 Å². The summed E-state index contributed by atoms with van der Waals surface area (Å²) in [5, 5.41) is 25.6. The van der Waals surface area contributed by atoms with E-state index in [1.165, 1.54) is 75.8 Å². The Bertz CT molecular complexity index is 941. The van der Waals surface area contributed by atoms with Crippen molar-refractivity contribution in [2.45, 2.75) is 103 Å². The first-order valence-electron chi connectivity index (χ1n) is 13.8. The highest BCUT2D eigenvalue weighted by molar-refractivity contribution is 5.48. The Morgan fingerprint density at radius 3 is 2.45 bits per heavy atom. The van der Waals surface area contributed by atoms with Crippen molar-refractivity contribution in [1.82, 2.24) is 5.32 Å². The number of nitrogens with one attached hydrogen (secondary N) is 1. The fourth-order valence-electron chi connectivity index (χ4n) is 4.48. The van der Waals surface area contributed by atoms with E-state index in [0.717, 1.165) is 12.8 Å². The highest BCUT2D eigenvalue weighted by Gasteiger charge is 2.43. The van der Waals surface area contributed by atoms with Crippen molar-refractivity contribution in [1.29, 1.82) is 0 Å². The lowest BCUT2D eigenvalue weighted by Crippen LogP contribution is -2.52. The number of aliphatic hydroxyl groups is 1. The Morgan fingerprint density at radius 2 is 1.82 bits per heavy atom. The predicted molar refractivity (Wildman–Crippen MR) is 147 cm³/mol. The predicted octanol–water partition coefficient (Wildman–Crippen LogP) is 5.94. The van der Waals surface area contributed by atoms with Gasteiger partial charge < -0.3 is 24.6 Å². The van der Waals surface area contributed by atoms with Gasteiger partial charge in [-0.3, -0.25) is 10.1 Å². The number of nitro benzene ring substituents is 1. The summed E-state index contributed by atoms with van der Waals surface area (Å²) >= 11 is 0. The van der Waals surface area contributed by atoms with E-state index in [2.05, 4.69) is 12.2 Å². The molecule has 1 aliphatic heterocycles. The summed E-state index contributed by atoms with van der Waals surface area (Å²) in [5.74, 6) is 2.65. The van der Waals surface area contributed by atoms with Gasteiger partial charge in [-0.2, -0.15) is 0 Å². The Morgan fingerprint density at radius 1 is 1.16 bits per heavy atom. The van der Waals surface area contributed by atoms with Crippen LogP contribution in [-0.4, -0.2) is 47.4 Å². The fraction of sp³-hybridized carbons (Fsp3) is 0.655. The molecule has 0 fully saturated rings. The molecule has 0 saturated carbocycles. The van der Waals surface area contributed by atoms with E-state index in [0.29, 0.717) is 23.7 Å². The molecule has 0 radical (unpaired) electrons. The molecule has 0 bridgehead atoms. The average Bonchev–Trinajstić information content (AvgIpc) is 2.89. The molecular weight excluding hydrogens is 488 g/mol. The SMILES string of the molecule is CCCCCCCCCCCCOC(=COCC=C=O)CN[C@H]1c2cc([N+](=O)[O-])ccc2OC(C)(C)[C@@H]1O. The summed E-state index contributed by atoms with van der Waals surface area (Å²) in [6, 6.07) is 3.74. The summed E-state index contributed by atoms with van der Waals surface area (Å²) < 4.78 is 17.3. The van der Waals surface area contributed by atoms with Gasteiger partial charge >= 0.3 is 0 Å². The Hall–Kier alpha value is -2.87. The van der Waals surface area contributed by atoms with Gasteiger partial charge in [0, 0.05) is 23.8 Å². The van der Waals surface area contributed by atoms with Gasteiger partial charge in [0.05, 0.1) is 24.1 Å². The second-order valence-corrected chi connectivity index (χ2v) is 10.3. The first-order valence-corrected chi connectivity index (χ1v) is 13.8. The molecule has 2 atom stereocenters.